The van der Waals surface area contributed by atoms with Crippen molar-refractivity contribution in [1.29, 1.82) is 0 Å². The normalized spacial score (nSPS) is 31.8. The van der Waals surface area contributed by atoms with Crippen LogP contribution in [0.4, 0.5) is 0 Å². The highest BCUT2D eigenvalue weighted by Gasteiger charge is 2.44. The van der Waals surface area contributed by atoms with Gasteiger partial charge in [-0.15, -0.1) is 11.6 Å². The van der Waals surface area contributed by atoms with E-state index >= 15 is 0 Å². The van der Waals surface area contributed by atoms with Gasteiger partial charge in [0, 0.05) is 24.0 Å². The van der Waals surface area contributed by atoms with Crippen molar-refractivity contribution in [3.63, 3.8) is 0 Å². The molecule has 0 heterocycles. The van der Waals surface area contributed by atoms with Gasteiger partial charge in [-0.1, -0.05) is 39.0 Å². The van der Waals surface area contributed by atoms with Crippen molar-refractivity contribution < 1.29 is 22.7 Å². The number of amides is 1. The monoisotopic (exact) mass is 504 g/mol. The molecule has 3 fully saturated rings. The zero-order valence-corrected chi connectivity index (χ0v) is 21.7. The van der Waals surface area contributed by atoms with Gasteiger partial charge in [-0.3, -0.25) is 9.59 Å². The van der Waals surface area contributed by atoms with Gasteiger partial charge in [-0.2, -0.15) is 4.31 Å². The van der Waals surface area contributed by atoms with E-state index in [1.165, 1.54) is 6.42 Å². The number of hydrogen-bond donors (Lipinski definition) is 1. The summed E-state index contributed by atoms with van der Waals surface area (Å²) >= 11 is 6.56. The third-order valence-corrected chi connectivity index (χ3v) is 10.8. The molecule has 3 aliphatic carbocycles. The maximum atomic E-state index is 13.6. The molecule has 33 heavy (non-hydrogen) atoms. The van der Waals surface area contributed by atoms with E-state index in [4.69, 9.17) is 16.3 Å². The molecule has 5 unspecified atom stereocenters. The number of nitrogens with zero attached hydrogens (tertiary/aromatic N) is 1. The Morgan fingerprint density at radius 2 is 1.61 bits per heavy atom. The minimum atomic E-state index is -3.51. The zero-order chi connectivity index (χ0) is 24.0. The summed E-state index contributed by atoms with van der Waals surface area (Å²) in [6, 6.07) is -0.206. The maximum absolute atomic E-state index is 13.6. The van der Waals surface area contributed by atoms with Crippen molar-refractivity contribution in [2.75, 3.05) is 13.2 Å². The fraction of sp³-hybridized carbons (Fsp3) is 0.917. The van der Waals surface area contributed by atoms with E-state index in [1.54, 1.807) is 11.2 Å². The number of halogens is 1. The number of carbonyl (C=O) groups excluding carboxylic acids is 2. The molecule has 0 aromatic heterocycles. The highest BCUT2D eigenvalue weighted by atomic mass is 35.5. The average molecular weight is 505 g/mol. The Morgan fingerprint density at radius 1 is 0.939 bits per heavy atom. The third-order valence-electron chi connectivity index (χ3n) is 7.78. The van der Waals surface area contributed by atoms with Gasteiger partial charge in [-0.25, -0.2) is 8.42 Å². The Bertz CT molecular complexity index is 771. The topological polar surface area (TPSA) is 92.8 Å². The van der Waals surface area contributed by atoms with Crippen molar-refractivity contribution in [3.8, 4) is 0 Å². The van der Waals surface area contributed by atoms with Gasteiger partial charge in [0.2, 0.25) is 15.9 Å². The highest BCUT2D eigenvalue weighted by Crippen LogP contribution is 2.36. The first kappa shape index (κ1) is 26.7. The summed E-state index contributed by atoms with van der Waals surface area (Å²) in [6.07, 6.45) is 9.66. The minimum Gasteiger partial charge on any atom is -0.466 e. The molecule has 0 bridgehead atoms. The predicted molar refractivity (Wildman–Crippen MR) is 129 cm³/mol. The molecule has 0 radical (unpaired) electrons. The Balaban J connectivity index is 1.68. The number of esters is 1. The molecule has 0 spiro atoms. The van der Waals surface area contributed by atoms with Crippen LogP contribution in [-0.2, 0) is 24.3 Å². The zero-order valence-electron chi connectivity index (χ0n) is 20.1. The van der Waals surface area contributed by atoms with Crippen LogP contribution in [0.15, 0.2) is 0 Å². The molecule has 0 aromatic rings. The molecule has 7 nitrogen and oxygen atoms in total. The Morgan fingerprint density at radius 3 is 2.27 bits per heavy atom. The molecule has 1 N–H and O–H groups in total. The van der Waals surface area contributed by atoms with E-state index in [2.05, 4.69) is 5.32 Å². The first-order valence-corrected chi connectivity index (χ1v) is 14.8. The van der Waals surface area contributed by atoms with Gasteiger partial charge in [0.15, 0.2) is 0 Å². The van der Waals surface area contributed by atoms with Crippen LogP contribution < -0.4 is 5.32 Å². The van der Waals surface area contributed by atoms with E-state index < -0.39 is 26.6 Å². The van der Waals surface area contributed by atoms with Crippen molar-refractivity contribution in [2.45, 2.75) is 114 Å². The second kappa shape index (κ2) is 12.2. The molecule has 3 rings (SSSR count). The summed E-state index contributed by atoms with van der Waals surface area (Å²) in [6.45, 7) is 4.47. The van der Waals surface area contributed by atoms with Crippen LogP contribution in [0.2, 0.25) is 0 Å². The van der Waals surface area contributed by atoms with Crippen molar-refractivity contribution in [1.82, 2.24) is 9.62 Å². The Labute approximate surface area is 204 Å². The molecule has 0 aliphatic heterocycles. The summed E-state index contributed by atoms with van der Waals surface area (Å²) in [4.78, 5) is 25.6. The lowest BCUT2D eigenvalue weighted by Gasteiger charge is -2.39. The van der Waals surface area contributed by atoms with Crippen molar-refractivity contribution in [3.05, 3.63) is 0 Å². The van der Waals surface area contributed by atoms with Gasteiger partial charge in [0.25, 0.3) is 0 Å². The fourth-order valence-corrected chi connectivity index (χ4v) is 8.57. The smallest absolute Gasteiger partial charge is 0.311 e. The summed E-state index contributed by atoms with van der Waals surface area (Å²) in [7, 11) is -3.51. The SMILES string of the molecule is CCOC(=O)C1CCCCC1NC(=O)C1CC(S(=O)(=O)N(CC)C2CCCCC2)CCC1Cl. The average Bonchev–Trinajstić information content (AvgIpc) is 2.80. The van der Waals surface area contributed by atoms with Gasteiger partial charge >= 0.3 is 5.97 Å². The molecule has 5 atom stereocenters. The first-order chi connectivity index (χ1) is 15.8. The van der Waals surface area contributed by atoms with Crippen LogP contribution in [0.5, 0.6) is 0 Å². The number of nitrogens with one attached hydrogen (secondary N) is 1. The summed E-state index contributed by atoms with van der Waals surface area (Å²) in [5, 5.41) is 2.07. The Kier molecular flexibility index (Phi) is 9.89. The molecule has 3 saturated carbocycles. The number of hydrogen-bond acceptors (Lipinski definition) is 5. The van der Waals surface area contributed by atoms with Crippen LogP contribution in [0.1, 0.15) is 90.9 Å². The van der Waals surface area contributed by atoms with E-state index in [9.17, 15) is 18.0 Å². The lowest BCUT2D eigenvalue weighted by atomic mass is 9.83. The fourth-order valence-electron chi connectivity index (χ4n) is 5.97. The molecular weight excluding hydrogens is 464 g/mol. The number of ether oxygens (including phenoxy) is 1. The largest absolute Gasteiger partial charge is 0.466 e. The molecule has 0 aromatic carbocycles. The van der Waals surface area contributed by atoms with Crippen molar-refractivity contribution in [2.24, 2.45) is 11.8 Å². The van der Waals surface area contributed by atoms with E-state index in [0.29, 0.717) is 32.4 Å². The number of carbonyl (C=O) groups is 2. The minimum absolute atomic E-state index is 0.0716. The summed E-state index contributed by atoms with van der Waals surface area (Å²) < 4.78 is 34.1. The second-order valence-electron chi connectivity index (χ2n) is 9.86. The van der Waals surface area contributed by atoms with E-state index in [-0.39, 0.29) is 36.3 Å². The summed E-state index contributed by atoms with van der Waals surface area (Å²) in [5.41, 5.74) is 0. The number of alkyl halides is 1. The van der Waals surface area contributed by atoms with E-state index in [0.717, 1.165) is 44.9 Å². The Hall–Kier alpha value is -0.860. The molecular formula is C24H41ClN2O5S. The lowest BCUT2D eigenvalue weighted by molar-refractivity contribution is -0.150. The standard InChI is InChI=1S/C24H41ClN2O5S/c1-3-27(17-10-6-5-7-11-17)33(30,31)18-14-15-21(25)20(16-18)23(28)26-22-13-9-8-12-19(22)24(29)32-4-2/h17-22H,3-16H2,1-2H3,(H,26,28). The molecule has 190 valence electrons. The highest BCUT2D eigenvalue weighted by molar-refractivity contribution is 7.89. The number of rotatable bonds is 8. The molecule has 9 heteroatoms. The van der Waals surface area contributed by atoms with Crippen molar-refractivity contribution >= 4 is 33.5 Å². The second-order valence-corrected chi connectivity index (χ2v) is 12.6. The van der Waals surface area contributed by atoms with Crippen LogP contribution in [0.3, 0.4) is 0 Å². The molecule has 3 aliphatic rings. The predicted octanol–water partition coefficient (Wildman–Crippen LogP) is 3.99. The quantitative estimate of drug-likeness (QED) is 0.398. The lowest BCUT2D eigenvalue weighted by Crippen LogP contribution is -2.52. The van der Waals surface area contributed by atoms with Gasteiger partial charge in [-0.05, 0) is 51.9 Å². The molecule has 0 saturated heterocycles. The van der Waals surface area contributed by atoms with Crippen LogP contribution >= 0.6 is 11.6 Å². The van der Waals surface area contributed by atoms with Gasteiger partial charge in [0.1, 0.15) is 0 Å². The first-order valence-electron chi connectivity index (χ1n) is 12.9. The molecule has 1 amide bonds. The number of sulfonamides is 1. The van der Waals surface area contributed by atoms with Gasteiger partial charge in [0.05, 0.1) is 23.7 Å². The van der Waals surface area contributed by atoms with Crippen LogP contribution in [0.25, 0.3) is 0 Å². The maximum Gasteiger partial charge on any atom is 0.311 e. The van der Waals surface area contributed by atoms with Gasteiger partial charge < -0.3 is 10.1 Å². The van der Waals surface area contributed by atoms with Crippen LogP contribution in [-0.4, -0.2) is 60.5 Å². The summed E-state index contributed by atoms with van der Waals surface area (Å²) in [5.74, 6) is -1.41. The third kappa shape index (κ3) is 6.43. The van der Waals surface area contributed by atoms with E-state index in [1.807, 2.05) is 6.92 Å². The van der Waals surface area contributed by atoms with Crippen LogP contribution in [0, 0.1) is 11.8 Å².